The molecule has 194 valence electrons. The molecule has 7 nitrogen and oxygen atoms in total. The van der Waals surface area contributed by atoms with E-state index in [1.807, 2.05) is 26.0 Å². The van der Waals surface area contributed by atoms with Gasteiger partial charge in [-0.15, -0.1) is 0 Å². The van der Waals surface area contributed by atoms with E-state index >= 15 is 0 Å². The molecule has 37 heavy (non-hydrogen) atoms. The van der Waals surface area contributed by atoms with Gasteiger partial charge in [0.15, 0.2) is 5.13 Å². The third-order valence-electron chi connectivity index (χ3n) is 6.23. The first-order valence-corrected chi connectivity index (χ1v) is 14.6. The first kappa shape index (κ1) is 27.0. The van der Waals surface area contributed by atoms with Gasteiger partial charge in [0, 0.05) is 37.2 Å². The predicted molar refractivity (Wildman–Crippen MR) is 147 cm³/mol. The summed E-state index contributed by atoms with van der Waals surface area (Å²) in [5.74, 6) is 5.86. The molecular weight excluding hydrogens is 506 g/mol. The van der Waals surface area contributed by atoms with Crippen LogP contribution < -0.4 is 5.32 Å². The molecule has 0 unspecified atom stereocenters. The van der Waals surface area contributed by atoms with E-state index in [9.17, 15) is 13.2 Å². The van der Waals surface area contributed by atoms with E-state index in [0.717, 1.165) is 40.8 Å². The second-order valence-electron chi connectivity index (χ2n) is 9.09. The fourth-order valence-corrected chi connectivity index (χ4v) is 6.51. The van der Waals surface area contributed by atoms with Crippen molar-refractivity contribution in [1.82, 2.24) is 9.29 Å². The highest BCUT2D eigenvalue weighted by Crippen LogP contribution is 2.33. The Morgan fingerprint density at radius 2 is 1.84 bits per heavy atom. The highest BCUT2D eigenvalue weighted by molar-refractivity contribution is 7.89. The molecule has 1 aromatic heterocycles. The fourth-order valence-electron chi connectivity index (χ4n) is 4.14. The van der Waals surface area contributed by atoms with Crippen LogP contribution in [0.1, 0.15) is 58.5 Å². The third kappa shape index (κ3) is 6.46. The quantitative estimate of drug-likeness (QED) is 0.327. The molecule has 2 N–H and O–H groups in total. The lowest BCUT2D eigenvalue weighted by Crippen LogP contribution is -2.35. The molecule has 4 rings (SSSR count). The number of rotatable bonds is 7. The number of aromatic nitrogens is 1. The first-order chi connectivity index (χ1) is 17.8. The van der Waals surface area contributed by atoms with Gasteiger partial charge < -0.3 is 5.11 Å². The maximum absolute atomic E-state index is 13.0. The van der Waals surface area contributed by atoms with Crippen LogP contribution in [0.15, 0.2) is 47.4 Å². The van der Waals surface area contributed by atoms with Crippen molar-refractivity contribution in [1.29, 1.82) is 0 Å². The van der Waals surface area contributed by atoms with E-state index in [2.05, 4.69) is 23.2 Å². The number of aliphatic hydroxyl groups excluding tert-OH is 1. The number of piperidine rings is 1. The Balaban J connectivity index is 1.56. The zero-order chi connectivity index (χ0) is 26.4. The fraction of sp³-hybridized carbons (Fsp3) is 0.357. The number of aliphatic hydroxyl groups is 1. The SMILES string of the molecule is Cc1ccc(C)c(-c2nc(NC(=O)c3ccc(S(=O)(=O)N4CCCCC4)cc3)sc2C#CCCCO)c1. The van der Waals surface area contributed by atoms with Gasteiger partial charge in [-0.25, -0.2) is 13.4 Å². The third-order valence-corrected chi connectivity index (χ3v) is 9.03. The second-order valence-corrected chi connectivity index (χ2v) is 12.0. The van der Waals surface area contributed by atoms with Crippen LogP contribution >= 0.6 is 11.3 Å². The maximum atomic E-state index is 13.0. The average molecular weight is 538 g/mol. The van der Waals surface area contributed by atoms with Crippen LogP contribution in [0.25, 0.3) is 11.3 Å². The van der Waals surface area contributed by atoms with Crippen molar-refractivity contribution < 1.29 is 18.3 Å². The number of nitrogens with zero attached hydrogens (tertiary/aromatic N) is 2. The molecular formula is C28H31N3O4S2. The molecule has 0 bridgehead atoms. The van der Waals surface area contributed by atoms with Gasteiger partial charge in [0.05, 0.1) is 10.6 Å². The van der Waals surface area contributed by atoms with Crippen LogP contribution in [-0.4, -0.2) is 48.4 Å². The molecule has 0 spiro atoms. The smallest absolute Gasteiger partial charge is 0.257 e. The van der Waals surface area contributed by atoms with E-state index < -0.39 is 10.0 Å². The summed E-state index contributed by atoms with van der Waals surface area (Å²) in [5, 5.41) is 12.3. The van der Waals surface area contributed by atoms with Crippen LogP contribution in [0.4, 0.5) is 5.13 Å². The standard InChI is InChI=1S/C28H31N3O4S2/c1-20-10-11-21(2)24(19-20)26-25(9-5-3-8-18-32)36-28(29-26)30-27(33)22-12-14-23(15-13-22)37(34,35)31-16-6-4-7-17-31/h10-15,19,32H,3-4,6-8,16-18H2,1-2H3,(H,29,30,33). The second kappa shape index (κ2) is 12.0. The Kier molecular flexibility index (Phi) is 8.77. The molecule has 1 fully saturated rings. The van der Waals surface area contributed by atoms with Crippen LogP contribution in [0.5, 0.6) is 0 Å². The summed E-state index contributed by atoms with van der Waals surface area (Å²) in [6, 6.07) is 12.2. The van der Waals surface area contributed by atoms with E-state index in [-0.39, 0.29) is 17.4 Å². The van der Waals surface area contributed by atoms with Crippen LogP contribution in [0.3, 0.4) is 0 Å². The van der Waals surface area contributed by atoms with Crippen molar-refractivity contribution in [2.75, 3.05) is 25.0 Å². The minimum atomic E-state index is -3.56. The lowest BCUT2D eigenvalue weighted by molar-refractivity contribution is 0.102. The Bertz CT molecular complexity index is 1430. The molecule has 0 saturated carbocycles. The number of thiazole rings is 1. The van der Waals surface area contributed by atoms with Gasteiger partial charge in [0.25, 0.3) is 5.91 Å². The summed E-state index contributed by atoms with van der Waals surface area (Å²) in [6.07, 6.45) is 3.94. The normalized spacial score (nSPS) is 14.1. The zero-order valence-corrected chi connectivity index (χ0v) is 22.7. The van der Waals surface area contributed by atoms with Crippen molar-refractivity contribution in [2.24, 2.45) is 0 Å². The summed E-state index contributed by atoms with van der Waals surface area (Å²) in [4.78, 5) is 18.6. The van der Waals surface area contributed by atoms with Gasteiger partial charge in [-0.1, -0.05) is 47.3 Å². The summed E-state index contributed by atoms with van der Waals surface area (Å²) in [6.45, 7) is 5.17. The van der Waals surface area contributed by atoms with Crippen LogP contribution in [0.2, 0.25) is 0 Å². The first-order valence-electron chi connectivity index (χ1n) is 12.4. The van der Waals surface area contributed by atoms with Gasteiger partial charge in [0.2, 0.25) is 10.0 Å². The Morgan fingerprint density at radius 1 is 1.11 bits per heavy atom. The number of aryl methyl sites for hydroxylation is 2. The summed E-state index contributed by atoms with van der Waals surface area (Å²) in [5.41, 5.74) is 4.16. The van der Waals surface area contributed by atoms with Crippen molar-refractivity contribution >= 4 is 32.4 Å². The predicted octanol–water partition coefficient (Wildman–Crippen LogP) is 4.98. The summed E-state index contributed by atoms with van der Waals surface area (Å²) in [7, 11) is -3.56. The minimum absolute atomic E-state index is 0.0840. The van der Waals surface area contributed by atoms with Crippen molar-refractivity contribution in [2.45, 2.75) is 50.8 Å². The number of sulfonamides is 1. The average Bonchev–Trinajstić information content (AvgIpc) is 3.30. The molecule has 0 atom stereocenters. The van der Waals surface area contributed by atoms with Crippen molar-refractivity contribution in [3.8, 4) is 23.1 Å². The molecule has 1 amide bonds. The van der Waals surface area contributed by atoms with Crippen molar-refractivity contribution in [3.05, 3.63) is 64.0 Å². The van der Waals surface area contributed by atoms with Crippen LogP contribution in [-0.2, 0) is 10.0 Å². The highest BCUT2D eigenvalue weighted by Gasteiger charge is 2.26. The van der Waals surface area contributed by atoms with Gasteiger partial charge in [0.1, 0.15) is 4.88 Å². The van der Waals surface area contributed by atoms with E-state index in [4.69, 9.17) is 10.1 Å². The van der Waals surface area contributed by atoms with Crippen molar-refractivity contribution in [3.63, 3.8) is 0 Å². The lowest BCUT2D eigenvalue weighted by atomic mass is 10.0. The molecule has 1 saturated heterocycles. The number of anilines is 1. The number of amides is 1. The van der Waals surface area contributed by atoms with Gasteiger partial charge >= 0.3 is 0 Å². The monoisotopic (exact) mass is 537 g/mol. The number of hydrogen-bond donors (Lipinski definition) is 2. The summed E-state index contributed by atoms with van der Waals surface area (Å²) < 4.78 is 27.3. The van der Waals surface area contributed by atoms with Crippen LogP contribution in [0, 0.1) is 25.7 Å². The number of hydrogen-bond acceptors (Lipinski definition) is 6. The van der Waals surface area contributed by atoms with E-state index in [1.54, 1.807) is 0 Å². The van der Waals surface area contributed by atoms with Gasteiger partial charge in [-0.05, 0) is 69.0 Å². The Hall–Kier alpha value is -3.03. The maximum Gasteiger partial charge on any atom is 0.257 e. The number of carbonyl (C=O) groups excluding carboxylic acids is 1. The molecule has 2 heterocycles. The minimum Gasteiger partial charge on any atom is -0.396 e. The molecule has 1 aliphatic heterocycles. The number of nitrogens with one attached hydrogen (secondary N) is 1. The number of carbonyl (C=O) groups is 1. The molecule has 0 aliphatic carbocycles. The zero-order valence-electron chi connectivity index (χ0n) is 21.1. The lowest BCUT2D eigenvalue weighted by Gasteiger charge is -2.25. The molecule has 2 aromatic carbocycles. The molecule has 9 heteroatoms. The Morgan fingerprint density at radius 3 is 2.54 bits per heavy atom. The molecule has 3 aromatic rings. The Labute approximate surface area is 222 Å². The topological polar surface area (TPSA) is 99.6 Å². The molecule has 1 aliphatic rings. The largest absolute Gasteiger partial charge is 0.396 e. The van der Waals surface area contributed by atoms with Gasteiger partial charge in [-0.2, -0.15) is 4.31 Å². The van der Waals surface area contributed by atoms with Gasteiger partial charge in [-0.3, -0.25) is 10.1 Å². The van der Waals surface area contributed by atoms with E-state index in [1.165, 1.54) is 39.9 Å². The molecule has 0 radical (unpaired) electrons. The highest BCUT2D eigenvalue weighted by atomic mass is 32.2. The number of benzene rings is 2. The van der Waals surface area contributed by atoms with E-state index in [0.29, 0.717) is 42.3 Å². The number of unbranched alkanes of at least 4 members (excludes halogenated alkanes) is 1. The summed E-state index contributed by atoms with van der Waals surface area (Å²) >= 11 is 1.29.